The SMILES string of the molecule is NC(=NO)C1(C(=O)N(CC2CC2)CC2CC2)CCCCC1. The highest BCUT2D eigenvalue weighted by molar-refractivity contribution is 6.06. The average Bonchev–Trinajstić information content (AvgIpc) is 3.41. The lowest BCUT2D eigenvalue weighted by atomic mass is 9.72. The van der Waals surface area contributed by atoms with Crippen LogP contribution in [-0.4, -0.2) is 34.9 Å². The van der Waals surface area contributed by atoms with Crippen LogP contribution >= 0.6 is 0 Å². The molecule has 0 spiro atoms. The second kappa shape index (κ2) is 5.85. The van der Waals surface area contributed by atoms with Crippen LogP contribution in [0.3, 0.4) is 0 Å². The number of hydrogen-bond acceptors (Lipinski definition) is 3. The molecule has 3 fully saturated rings. The lowest BCUT2D eigenvalue weighted by Gasteiger charge is -2.39. The number of rotatable bonds is 6. The molecule has 0 atom stereocenters. The van der Waals surface area contributed by atoms with Crippen molar-refractivity contribution in [3.63, 3.8) is 0 Å². The van der Waals surface area contributed by atoms with Gasteiger partial charge in [-0.25, -0.2) is 0 Å². The van der Waals surface area contributed by atoms with Crippen LogP contribution in [0, 0.1) is 17.3 Å². The van der Waals surface area contributed by atoms with Gasteiger partial charge in [0.25, 0.3) is 0 Å². The second-order valence-corrected chi connectivity index (χ2v) is 7.22. The van der Waals surface area contributed by atoms with E-state index in [0.717, 1.165) is 45.2 Å². The van der Waals surface area contributed by atoms with Crippen LogP contribution in [0.1, 0.15) is 57.8 Å². The van der Waals surface area contributed by atoms with E-state index in [1.165, 1.54) is 25.7 Å². The number of nitrogens with zero attached hydrogens (tertiary/aromatic N) is 2. The lowest BCUT2D eigenvalue weighted by Crippen LogP contribution is -2.53. The van der Waals surface area contributed by atoms with Crippen LogP contribution in [0.25, 0.3) is 0 Å². The zero-order chi connectivity index (χ0) is 14.9. The Morgan fingerprint density at radius 1 is 1.10 bits per heavy atom. The molecule has 0 radical (unpaired) electrons. The van der Waals surface area contributed by atoms with Crippen LogP contribution in [0.15, 0.2) is 5.16 Å². The topological polar surface area (TPSA) is 78.9 Å². The number of carbonyl (C=O) groups excluding carboxylic acids is 1. The van der Waals surface area contributed by atoms with Crippen LogP contribution in [-0.2, 0) is 4.79 Å². The van der Waals surface area contributed by atoms with Crippen molar-refractivity contribution in [1.82, 2.24) is 4.90 Å². The van der Waals surface area contributed by atoms with E-state index in [1.54, 1.807) is 0 Å². The number of amidine groups is 1. The standard InChI is InChI=1S/C16H27N3O2/c17-14(18-21)16(8-2-1-3-9-16)15(20)19(10-12-4-5-12)11-13-6-7-13/h12-13,21H,1-11H2,(H2,17,18). The predicted octanol–water partition coefficient (Wildman–Crippen LogP) is 2.33. The first-order valence-corrected chi connectivity index (χ1v) is 8.43. The molecule has 1 amide bonds. The van der Waals surface area contributed by atoms with Crippen molar-refractivity contribution in [2.24, 2.45) is 28.1 Å². The fourth-order valence-electron chi connectivity index (χ4n) is 3.60. The van der Waals surface area contributed by atoms with Crippen molar-refractivity contribution >= 4 is 11.7 Å². The molecule has 0 saturated heterocycles. The molecule has 5 heteroatoms. The third kappa shape index (κ3) is 3.16. The highest BCUT2D eigenvalue weighted by Gasteiger charge is 2.47. The first-order valence-electron chi connectivity index (χ1n) is 8.43. The molecule has 3 aliphatic carbocycles. The molecule has 3 saturated carbocycles. The van der Waals surface area contributed by atoms with Gasteiger partial charge in [0.15, 0.2) is 5.84 Å². The molecule has 0 aromatic rings. The molecule has 0 aliphatic heterocycles. The maximum atomic E-state index is 13.2. The van der Waals surface area contributed by atoms with Gasteiger partial charge in [-0.2, -0.15) is 0 Å². The van der Waals surface area contributed by atoms with E-state index < -0.39 is 5.41 Å². The molecular weight excluding hydrogens is 266 g/mol. The van der Waals surface area contributed by atoms with Gasteiger partial charge in [0, 0.05) is 13.1 Å². The molecule has 0 aromatic carbocycles. The summed E-state index contributed by atoms with van der Waals surface area (Å²) in [6.07, 6.45) is 9.54. The molecular formula is C16H27N3O2. The van der Waals surface area contributed by atoms with Crippen molar-refractivity contribution in [2.45, 2.75) is 57.8 Å². The lowest BCUT2D eigenvalue weighted by molar-refractivity contribution is -0.140. The molecule has 0 unspecified atom stereocenters. The van der Waals surface area contributed by atoms with E-state index in [2.05, 4.69) is 5.16 Å². The summed E-state index contributed by atoms with van der Waals surface area (Å²) >= 11 is 0. The molecule has 0 aromatic heterocycles. The average molecular weight is 293 g/mol. The van der Waals surface area contributed by atoms with Crippen molar-refractivity contribution in [1.29, 1.82) is 0 Å². The Morgan fingerprint density at radius 3 is 2.05 bits per heavy atom. The Morgan fingerprint density at radius 2 is 1.62 bits per heavy atom. The van der Waals surface area contributed by atoms with E-state index in [-0.39, 0.29) is 11.7 Å². The quantitative estimate of drug-likeness (QED) is 0.341. The van der Waals surface area contributed by atoms with Gasteiger partial charge in [-0.15, -0.1) is 0 Å². The molecule has 118 valence electrons. The third-order valence-corrected chi connectivity index (χ3v) is 5.35. The van der Waals surface area contributed by atoms with Crippen LogP contribution in [0.5, 0.6) is 0 Å². The number of nitrogens with two attached hydrogens (primary N) is 1. The minimum atomic E-state index is -0.739. The van der Waals surface area contributed by atoms with Gasteiger partial charge >= 0.3 is 0 Å². The maximum absolute atomic E-state index is 13.2. The van der Waals surface area contributed by atoms with E-state index in [4.69, 9.17) is 10.9 Å². The molecule has 0 bridgehead atoms. The Bertz CT molecular complexity index is 407. The van der Waals surface area contributed by atoms with E-state index in [1.807, 2.05) is 4.90 Å². The summed E-state index contributed by atoms with van der Waals surface area (Å²) in [6, 6.07) is 0. The van der Waals surface area contributed by atoms with Crippen molar-refractivity contribution in [2.75, 3.05) is 13.1 Å². The number of oxime groups is 1. The minimum Gasteiger partial charge on any atom is -0.409 e. The first kappa shape index (κ1) is 14.7. The van der Waals surface area contributed by atoms with Crippen LogP contribution < -0.4 is 5.73 Å². The molecule has 3 N–H and O–H groups in total. The summed E-state index contributed by atoms with van der Waals surface area (Å²) in [5.74, 6) is 1.61. The summed E-state index contributed by atoms with van der Waals surface area (Å²) < 4.78 is 0. The van der Waals surface area contributed by atoms with Gasteiger partial charge in [-0.1, -0.05) is 24.4 Å². The molecule has 0 heterocycles. The minimum absolute atomic E-state index is 0.122. The summed E-state index contributed by atoms with van der Waals surface area (Å²) in [5.41, 5.74) is 5.23. The number of hydrogen-bond donors (Lipinski definition) is 2. The molecule has 3 rings (SSSR count). The van der Waals surface area contributed by atoms with Gasteiger partial charge in [-0.05, 0) is 50.4 Å². The van der Waals surface area contributed by atoms with E-state index in [9.17, 15) is 4.79 Å². The third-order valence-electron chi connectivity index (χ3n) is 5.35. The molecule has 5 nitrogen and oxygen atoms in total. The predicted molar refractivity (Wildman–Crippen MR) is 81.0 cm³/mol. The zero-order valence-electron chi connectivity index (χ0n) is 12.8. The van der Waals surface area contributed by atoms with Crippen LogP contribution in [0.4, 0.5) is 0 Å². The highest BCUT2D eigenvalue weighted by atomic mass is 16.4. The van der Waals surface area contributed by atoms with E-state index >= 15 is 0 Å². The normalized spacial score (nSPS) is 25.6. The second-order valence-electron chi connectivity index (χ2n) is 7.22. The van der Waals surface area contributed by atoms with Crippen molar-refractivity contribution < 1.29 is 10.0 Å². The summed E-state index contributed by atoms with van der Waals surface area (Å²) in [5, 5.41) is 12.4. The zero-order valence-corrected chi connectivity index (χ0v) is 12.8. The number of carbonyl (C=O) groups is 1. The smallest absolute Gasteiger partial charge is 0.236 e. The Kier molecular flexibility index (Phi) is 4.09. The number of amides is 1. The monoisotopic (exact) mass is 293 g/mol. The first-order chi connectivity index (χ1) is 10.2. The van der Waals surface area contributed by atoms with Gasteiger partial charge in [0.05, 0.1) is 0 Å². The van der Waals surface area contributed by atoms with Gasteiger partial charge in [0.1, 0.15) is 5.41 Å². The van der Waals surface area contributed by atoms with Gasteiger partial charge in [-0.3, -0.25) is 4.79 Å². The molecule has 3 aliphatic rings. The Hall–Kier alpha value is -1.26. The van der Waals surface area contributed by atoms with Crippen LogP contribution in [0.2, 0.25) is 0 Å². The van der Waals surface area contributed by atoms with Crippen molar-refractivity contribution in [3.8, 4) is 0 Å². The fraction of sp³-hybridized carbons (Fsp3) is 0.875. The summed E-state index contributed by atoms with van der Waals surface area (Å²) in [4.78, 5) is 15.2. The van der Waals surface area contributed by atoms with Crippen molar-refractivity contribution in [3.05, 3.63) is 0 Å². The largest absolute Gasteiger partial charge is 0.409 e. The van der Waals surface area contributed by atoms with E-state index in [0.29, 0.717) is 11.8 Å². The Balaban J connectivity index is 1.78. The maximum Gasteiger partial charge on any atom is 0.236 e. The van der Waals surface area contributed by atoms with Gasteiger partial charge < -0.3 is 15.8 Å². The van der Waals surface area contributed by atoms with Gasteiger partial charge in [0.2, 0.25) is 5.91 Å². The highest BCUT2D eigenvalue weighted by Crippen LogP contribution is 2.41. The fourth-order valence-corrected chi connectivity index (χ4v) is 3.60. The Labute approximate surface area is 126 Å². The summed E-state index contributed by atoms with van der Waals surface area (Å²) in [6.45, 7) is 1.74. The molecule has 21 heavy (non-hydrogen) atoms. The summed E-state index contributed by atoms with van der Waals surface area (Å²) in [7, 11) is 0.